The third-order valence-electron chi connectivity index (χ3n) is 3.31. The van der Waals surface area contributed by atoms with E-state index in [-0.39, 0.29) is 0 Å². The van der Waals surface area contributed by atoms with Crippen molar-refractivity contribution in [1.82, 2.24) is 10.2 Å². The van der Waals surface area contributed by atoms with E-state index in [4.69, 9.17) is 28.6 Å². The molecule has 0 aliphatic heterocycles. The van der Waals surface area contributed by atoms with Gasteiger partial charge in [0.2, 0.25) is 5.13 Å². The molecule has 0 aliphatic rings. The van der Waals surface area contributed by atoms with E-state index < -0.39 is 0 Å². The molecule has 1 aromatic heterocycles. The fourth-order valence-corrected chi connectivity index (χ4v) is 3.06. The molecule has 3 rings (SSSR count). The number of hydrogen-bond acceptors (Lipinski definition) is 5. The van der Waals surface area contributed by atoms with E-state index in [0.717, 1.165) is 22.6 Å². The Morgan fingerprint density at radius 1 is 1.28 bits per heavy atom. The summed E-state index contributed by atoms with van der Waals surface area (Å²) in [6.45, 7) is 0. The highest BCUT2D eigenvalue weighted by atomic mass is 35.5. The van der Waals surface area contributed by atoms with Crippen LogP contribution in [0, 0.1) is 3.95 Å². The highest BCUT2D eigenvalue weighted by molar-refractivity contribution is 7.73. The molecule has 0 unspecified atom stereocenters. The van der Waals surface area contributed by atoms with Crippen LogP contribution in [0.5, 0.6) is 5.75 Å². The van der Waals surface area contributed by atoms with Gasteiger partial charge in [0.25, 0.3) is 0 Å². The summed E-state index contributed by atoms with van der Waals surface area (Å²) in [5.74, 6) is 0.817. The lowest BCUT2D eigenvalue weighted by Gasteiger charge is -2.03. The second-order valence-electron chi connectivity index (χ2n) is 5.01. The van der Waals surface area contributed by atoms with Gasteiger partial charge in [-0.2, -0.15) is 0 Å². The summed E-state index contributed by atoms with van der Waals surface area (Å²) in [5.41, 5.74) is 2.68. The Labute approximate surface area is 159 Å². The average molecular weight is 388 g/mol. The number of aromatic amines is 1. The molecule has 0 radical (unpaired) electrons. The highest BCUT2D eigenvalue weighted by Gasteiger charge is 2.04. The summed E-state index contributed by atoms with van der Waals surface area (Å²) in [5, 5.41) is 8.05. The van der Waals surface area contributed by atoms with Gasteiger partial charge in [-0.15, -0.1) is 5.10 Å². The van der Waals surface area contributed by atoms with Crippen molar-refractivity contribution >= 4 is 52.1 Å². The zero-order valence-electron chi connectivity index (χ0n) is 13.3. The Hall–Kier alpha value is -2.28. The molecule has 4 nitrogen and oxygen atoms in total. The summed E-state index contributed by atoms with van der Waals surface area (Å²) < 4.78 is 5.76. The number of benzene rings is 2. The van der Waals surface area contributed by atoms with Crippen molar-refractivity contribution < 1.29 is 4.74 Å². The first-order valence-corrected chi connectivity index (χ1v) is 8.96. The Morgan fingerprint density at radius 2 is 2.08 bits per heavy atom. The van der Waals surface area contributed by atoms with Crippen LogP contribution in [0.25, 0.3) is 6.08 Å². The quantitative estimate of drug-likeness (QED) is 0.451. The Kier molecular flexibility index (Phi) is 5.75. The molecule has 0 spiro atoms. The fraction of sp³-hybridized carbons (Fsp3) is 0.0556. The Morgan fingerprint density at radius 3 is 2.72 bits per heavy atom. The van der Waals surface area contributed by atoms with Crippen LogP contribution in [0.1, 0.15) is 11.1 Å². The van der Waals surface area contributed by atoms with E-state index in [1.54, 1.807) is 7.11 Å². The van der Waals surface area contributed by atoms with E-state index in [1.807, 2.05) is 60.7 Å². The van der Waals surface area contributed by atoms with Crippen LogP contribution < -0.4 is 4.74 Å². The van der Waals surface area contributed by atoms with E-state index in [2.05, 4.69) is 15.2 Å². The number of nitrogens with zero attached hydrogens (tertiary/aromatic N) is 2. The van der Waals surface area contributed by atoms with E-state index >= 15 is 0 Å². The lowest BCUT2D eigenvalue weighted by Crippen LogP contribution is -1.96. The van der Waals surface area contributed by atoms with E-state index in [9.17, 15) is 0 Å². The molecule has 1 N–H and O–H groups in total. The second kappa shape index (κ2) is 8.20. The third-order valence-corrected chi connectivity index (χ3v) is 4.53. The van der Waals surface area contributed by atoms with E-state index in [1.165, 1.54) is 11.3 Å². The number of ether oxygens (including phenoxy) is 1. The van der Waals surface area contributed by atoms with Gasteiger partial charge in [0.15, 0.2) is 3.95 Å². The maximum Gasteiger partial charge on any atom is 0.230 e. The number of halogens is 1. The normalized spacial score (nSPS) is 11.8. The lowest BCUT2D eigenvalue weighted by molar-refractivity contribution is 0.415. The molecule has 7 heteroatoms. The van der Waals surface area contributed by atoms with Crippen LogP contribution in [0.3, 0.4) is 0 Å². The van der Waals surface area contributed by atoms with Gasteiger partial charge in [-0.05, 0) is 48.1 Å². The summed E-state index contributed by atoms with van der Waals surface area (Å²) in [4.78, 5) is 4.60. The number of allylic oxidation sites excluding steroid dienone is 1. The van der Waals surface area contributed by atoms with Crippen molar-refractivity contribution in [2.75, 3.05) is 7.11 Å². The smallest absolute Gasteiger partial charge is 0.230 e. The lowest BCUT2D eigenvalue weighted by atomic mass is 10.1. The van der Waals surface area contributed by atoms with Gasteiger partial charge < -0.3 is 4.74 Å². The third kappa shape index (κ3) is 4.85. The van der Waals surface area contributed by atoms with Gasteiger partial charge >= 0.3 is 0 Å². The number of aliphatic imine (C=N–C) groups is 1. The Balaban J connectivity index is 1.96. The predicted octanol–water partition coefficient (Wildman–Crippen LogP) is 5.70. The zero-order valence-corrected chi connectivity index (χ0v) is 15.7. The van der Waals surface area contributed by atoms with Crippen molar-refractivity contribution in [2.45, 2.75) is 0 Å². The summed E-state index contributed by atoms with van der Waals surface area (Å²) in [6, 6.07) is 15.3. The predicted molar refractivity (Wildman–Crippen MR) is 107 cm³/mol. The minimum atomic E-state index is 0.569. The molecule has 126 valence electrons. The van der Waals surface area contributed by atoms with Gasteiger partial charge in [-0.1, -0.05) is 53.3 Å². The van der Waals surface area contributed by atoms with Gasteiger partial charge in [0.1, 0.15) is 5.75 Å². The van der Waals surface area contributed by atoms with Crippen LogP contribution in [0.2, 0.25) is 5.02 Å². The first-order chi connectivity index (χ1) is 12.1. The van der Waals surface area contributed by atoms with Crippen LogP contribution >= 0.6 is 35.2 Å². The maximum atomic E-state index is 6.12. The molecule has 0 saturated carbocycles. The molecule has 0 atom stereocenters. The van der Waals surface area contributed by atoms with Crippen LogP contribution in [-0.2, 0) is 0 Å². The van der Waals surface area contributed by atoms with E-state index in [0.29, 0.717) is 14.1 Å². The largest absolute Gasteiger partial charge is 0.497 e. The first kappa shape index (κ1) is 17.5. The fourth-order valence-electron chi connectivity index (χ4n) is 2.11. The van der Waals surface area contributed by atoms with Gasteiger partial charge in [0.05, 0.1) is 12.8 Å². The zero-order chi connectivity index (χ0) is 17.6. The molecule has 0 saturated heterocycles. The van der Waals surface area contributed by atoms with Gasteiger partial charge in [-0.25, -0.2) is 4.99 Å². The summed E-state index contributed by atoms with van der Waals surface area (Å²) >= 11 is 12.5. The standard InChI is InChI=1S/C18H14ClN3OS2/c1-23-15-8-5-12(6-9-15)7-10-16(13-3-2-4-14(19)11-13)20-17-21-22-18(24)25-17/h2-11H,1H3,(H,22,24)/b10-7+,20-16+. The molecule has 0 fully saturated rings. The van der Waals surface area contributed by atoms with Gasteiger partial charge in [-0.3, -0.25) is 5.10 Å². The van der Waals surface area contributed by atoms with Gasteiger partial charge in [0, 0.05) is 10.6 Å². The molecule has 2 aromatic carbocycles. The van der Waals surface area contributed by atoms with Crippen molar-refractivity contribution in [2.24, 2.45) is 4.99 Å². The average Bonchev–Trinajstić information content (AvgIpc) is 3.04. The van der Waals surface area contributed by atoms with Crippen molar-refractivity contribution in [1.29, 1.82) is 0 Å². The molecule has 0 bridgehead atoms. The molecule has 1 heterocycles. The second-order valence-corrected chi connectivity index (χ2v) is 7.09. The topological polar surface area (TPSA) is 50.3 Å². The number of rotatable bonds is 5. The summed E-state index contributed by atoms with van der Waals surface area (Å²) in [6.07, 6.45) is 3.91. The molecule has 25 heavy (non-hydrogen) atoms. The number of H-pyrrole nitrogens is 1. The van der Waals surface area contributed by atoms with Crippen molar-refractivity contribution in [3.8, 4) is 5.75 Å². The van der Waals surface area contributed by atoms with Crippen LogP contribution in [-0.4, -0.2) is 23.0 Å². The minimum Gasteiger partial charge on any atom is -0.497 e. The monoisotopic (exact) mass is 387 g/mol. The van der Waals surface area contributed by atoms with Crippen LogP contribution in [0.4, 0.5) is 5.13 Å². The number of aromatic nitrogens is 2. The maximum absolute atomic E-state index is 6.12. The van der Waals surface area contributed by atoms with Crippen molar-refractivity contribution in [3.05, 3.63) is 74.7 Å². The summed E-state index contributed by atoms with van der Waals surface area (Å²) in [7, 11) is 1.65. The number of hydrogen-bond donors (Lipinski definition) is 1. The molecule has 0 amide bonds. The minimum absolute atomic E-state index is 0.569. The Bertz CT molecular complexity index is 974. The molecular weight excluding hydrogens is 374 g/mol. The SMILES string of the molecule is COc1ccc(/C=C/C(=N\c2n[nH]c(=S)s2)c2cccc(Cl)c2)cc1. The molecule has 3 aromatic rings. The van der Waals surface area contributed by atoms with Crippen LogP contribution in [0.15, 0.2) is 59.6 Å². The first-order valence-electron chi connectivity index (χ1n) is 7.36. The van der Waals surface area contributed by atoms with Crippen molar-refractivity contribution in [3.63, 3.8) is 0 Å². The number of methoxy groups -OCH3 is 1. The molecular formula is C18H14ClN3OS2. The highest BCUT2D eigenvalue weighted by Crippen LogP contribution is 2.20. The molecule has 0 aliphatic carbocycles. The number of nitrogens with one attached hydrogen (secondary N) is 1.